The second-order valence-electron chi connectivity index (χ2n) is 6.56. The molecule has 0 aliphatic rings. The van der Waals surface area contributed by atoms with Crippen molar-refractivity contribution in [2.45, 2.75) is 45.4 Å². The highest BCUT2D eigenvalue weighted by atomic mass is 35.5. The summed E-state index contributed by atoms with van der Waals surface area (Å²) in [7, 11) is 0. The lowest BCUT2D eigenvalue weighted by molar-refractivity contribution is 0.0846. The highest BCUT2D eigenvalue weighted by molar-refractivity contribution is 6.30. The van der Waals surface area contributed by atoms with Gasteiger partial charge in [-0.05, 0) is 55.0 Å². The van der Waals surface area contributed by atoms with E-state index in [1.165, 1.54) is 32.1 Å². The zero-order valence-corrected chi connectivity index (χ0v) is 16.9. The Morgan fingerprint density at radius 2 is 1.29 bits per heavy atom. The predicted octanol–water partition coefficient (Wildman–Crippen LogP) is 5.15. The maximum Gasteiger partial charge on any atom is 0.269 e. The van der Waals surface area contributed by atoms with Crippen LogP contribution in [0.25, 0.3) is 0 Å². The first kappa shape index (κ1) is 21.8. The van der Waals surface area contributed by atoms with Gasteiger partial charge in [0, 0.05) is 16.1 Å². The van der Waals surface area contributed by atoms with Gasteiger partial charge in [0.1, 0.15) is 5.75 Å². The molecule has 0 heterocycles. The van der Waals surface area contributed by atoms with Crippen LogP contribution in [-0.4, -0.2) is 18.4 Å². The molecule has 2 aromatic carbocycles. The molecule has 0 fully saturated rings. The number of carbonyl (C=O) groups is 2. The predicted molar refractivity (Wildman–Crippen MR) is 112 cm³/mol. The molecule has 2 amide bonds. The molecule has 0 spiro atoms. The number of amides is 2. The number of ether oxygens (including phenoxy) is 1. The Hall–Kier alpha value is -2.53. The van der Waals surface area contributed by atoms with Gasteiger partial charge in [-0.3, -0.25) is 20.4 Å². The molecule has 2 N–H and O–H groups in total. The normalized spacial score (nSPS) is 10.4. The summed E-state index contributed by atoms with van der Waals surface area (Å²) in [5.41, 5.74) is 5.62. The van der Waals surface area contributed by atoms with Gasteiger partial charge in [-0.15, -0.1) is 0 Å². The van der Waals surface area contributed by atoms with Crippen molar-refractivity contribution in [3.8, 4) is 5.75 Å². The minimum absolute atomic E-state index is 0.398. The van der Waals surface area contributed by atoms with Crippen molar-refractivity contribution in [3.63, 3.8) is 0 Å². The van der Waals surface area contributed by atoms with Crippen LogP contribution in [0.5, 0.6) is 5.75 Å². The Morgan fingerprint density at radius 3 is 1.86 bits per heavy atom. The molecule has 0 aliphatic heterocycles. The molecule has 28 heavy (non-hydrogen) atoms. The van der Waals surface area contributed by atoms with E-state index in [1.54, 1.807) is 48.5 Å². The third-order valence-corrected chi connectivity index (χ3v) is 4.53. The smallest absolute Gasteiger partial charge is 0.269 e. The second kappa shape index (κ2) is 12.0. The molecule has 2 aromatic rings. The molecule has 0 radical (unpaired) electrons. The van der Waals surface area contributed by atoms with Gasteiger partial charge in [-0.1, -0.05) is 50.6 Å². The molecule has 150 valence electrons. The summed E-state index contributed by atoms with van der Waals surface area (Å²) in [5.74, 6) is -0.0796. The fourth-order valence-electron chi connectivity index (χ4n) is 2.63. The zero-order valence-electron chi connectivity index (χ0n) is 16.2. The fourth-order valence-corrected chi connectivity index (χ4v) is 2.76. The maximum atomic E-state index is 12.1. The van der Waals surface area contributed by atoms with Gasteiger partial charge in [0.2, 0.25) is 0 Å². The van der Waals surface area contributed by atoms with Crippen molar-refractivity contribution in [1.29, 1.82) is 0 Å². The van der Waals surface area contributed by atoms with Crippen LogP contribution in [0.2, 0.25) is 5.02 Å². The van der Waals surface area contributed by atoms with Gasteiger partial charge in [-0.2, -0.15) is 0 Å². The Kier molecular flexibility index (Phi) is 9.35. The third-order valence-electron chi connectivity index (χ3n) is 4.28. The summed E-state index contributed by atoms with van der Waals surface area (Å²) in [5, 5.41) is 0.541. The molecular weight excluding hydrogens is 376 g/mol. The second-order valence-corrected chi connectivity index (χ2v) is 6.99. The first-order chi connectivity index (χ1) is 13.6. The third kappa shape index (κ3) is 7.61. The van der Waals surface area contributed by atoms with E-state index >= 15 is 0 Å². The number of rotatable bonds is 10. The highest BCUT2D eigenvalue weighted by Crippen LogP contribution is 2.13. The fraction of sp³-hybridized carbons (Fsp3) is 0.364. The van der Waals surface area contributed by atoms with Crippen LogP contribution < -0.4 is 15.6 Å². The van der Waals surface area contributed by atoms with Crippen LogP contribution in [0.15, 0.2) is 48.5 Å². The van der Waals surface area contributed by atoms with E-state index in [2.05, 4.69) is 17.8 Å². The first-order valence-corrected chi connectivity index (χ1v) is 10.1. The van der Waals surface area contributed by atoms with Crippen molar-refractivity contribution in [2.75, 3.05) is 6.61 Å². The molecule has 0 aliphatic carbocycles. The maximum absolute atomic E-state index is 12.1. The van der Waals surface area contributed by atoms with E-state index in [0.29, 0.717) is 22.8 Å². The molecule has 0 bridgehead atoms. The van der Waals surface area contributed by atoms with Crippen molar-refractivity contribution >= 4 is 23.4 Å². The number of nitrogens with one attached hydrogen (secondary N) is 2. The summed E-state index contributed by atoms with van der Waals surface area (Å²) >= 11 is 5.79. The lowest BCUT2D eigenvalue weighted by Gasteiger charge is -2.09. The number of hydrogen-bond acceptors (Lipinski definition) is 3. The first-order valence-electron chi connectivity index (χ1n) is 9.69. The van der Waals surface area contributed by atoms with Gasteiger partial charge in [-0.25, -0.2) is 0 Å². The number of carbonyl (C=O) groups excluding carboxylic acids is 2. The monoisotopic (exact) mass is 402 g/mol. The van der Waals surface area contributed by atoms with E-state index < -0.39 is 11.8 Å². The van der Waals surface area contributed by atoms with Crippen LogP contribution >= 0.6 is 11.6 Å². The zero-order chi connectivity index (χ0) is 20.2. The topological polar surface area (TPSA) is 67.4 Å². The van der Waals surface area contributed by atoms with Crippen LogP contribution in [0.3, 0.4) is 0 Å². The number of halogens is 1. The minimum atomic E-state index is -0.413. The number of benzene rings is 2. The molecule has 6 heteroatoms. The quantitative estimate of drug-likeness (QED) is 0.426. The van der Waals surface area contributed by atoms with Crippen molar-refractivity contribution in [1.82, 2.24) is 10.9 Å². The van der Waals surface area contributed by atoms with Crippen molar-refractivity contribution in [3.05, 3.63) is 64.7 Å². The van der Waals surface area contributed by atoms with E-state index in [0.717, 1.165) is 12.2 Å². The number of unbranched alkanes of at least 4 members (excludes halogenated alkanes) is 5. The van der Waals surface area contributed by atoms with Gasteiger partial charge in [0.05, 0.1) is 6.61 Å². The van der Waals surface area contributed by atoms with Gasteiger partial charge >= 0.3 is 0 Å². The lowest BCUT2D eigenvalue weighted by Crippen LogP contribution is -2.41. The molecule has 0 aromatic heterocycles. The molecule has 0 unspecified atom stereocenters. The van der Waals surface area contributed by atoms with Gasteiger partial charge < -0.3 is 4.74 Å². The molecular formula is C22H27ClN2O3. The summed E-state index contributed by atoms with van der Waals surface area (Å²) in [6, 6.07) is 13.2. The van der Waals surface area contributed by atoms with Crippen LogP contribution in [0, 0.1) is 0 Å². The van der Waals surface area contributed by atoms with E-state index in [4.69, 9.17) is 16.3 Å². The summed E-state index contributed by atoms with van der Waals surface area (Å²) in [6.07, 6.45) is 7.29. The Labute approximate surface area is 171 Å². The SMILES string of the molecule is CCCCCCCCOc1ccc(C(=O)NNC(=O)c2ccc(Cl)cc2)cc1. The average Bonchev–Trinajstić information content (AvgIpc) is 2.72. The minimum Gasteiger partial charge on any atom is -0.494 e. The summed E-state index contributed by atoms with van der Waals surface area (Å²) in [4.78, 5) is 24.1. The molecule has 2 rings (SSSR count). The average molecular weight is 403 g/mol. The van der Waals surface area contributed by atoms with Gasteiger partial charge in [0.15, 0.2) is 0 Å². The largest absolute Gasteiger partial charge is 0.494 e. The lowest BCUT2D eigenvalue weighted by atomic mass is 10.1. The highest BCUT2D eigenvalue weighted by Gasteiger charge is 2.09. The Balaban J connectivity index is 1.71. The van der Waals surface area contributed by atoms with Crippen LogP contribution in [0.4, 0.5) is 0 Å². The van der Waals surface area contributed by atoms with E-state index in [-0.39, 0.29) is 0 Å². The number of hydrogen-bond donors (Lipinski definition) is 2. The summed E-state index contributed by atoms with van der Waals surface area (Å²) in [6.45, 7) is 2.88. The van der Waals surface area contributed by atoms with Crippen molar-refractivity contribution in [2.24, 2.45) is 0 Å². The van der Waals surface area contributed by atoms with E-state index in [1.807, 2.05) is 0 Å². The van der Waals surface area contributed by atoms with Crippen LogP contribution in [-0.2, 0) is 0 Å². The molecule has 0 saturated heterocycles. The Bertz CT molecular complexity index is 745. The Morgan fingerprint density at radius 1 is 0.786 bits per heavy atom. The molecule has 0 saturated carbocycles. The van der Waals surface area contributed by atoms with Crippen molar-refractivity contribution < 1.29 is 14.3 Å². The van der Waals surface area contributed by atoms with E-state index in [9.17, 15) is 9.59 Å². The molecule has 0 atom stereocenters. The summed E-state index contributed by atoms with van der Waals surface area (Å²) < 4.78 is 5.70. The molecule has 5 nitrogen and oxygen atoms in total. The van der Waals surface area contributed by atoms with Crippen LogP contribution in [0.1, 0.15) is 66.2 Å². The van der Waals surface area contributed by atoms with Gasteiger partial charge in [0.25, 0.3) is 11.8 Å². The number of hydrazine groups is 1. The standard InChI is InChI=1S/C22H27ClN2O3/c1-2-3-4-5-6-7-16-28-20-14-10-18(11-15-20)22(27)25-24-21(26)17-8-12-19(23)13-9-17/h8-15H,2-7,16H2,1H3,(H,24,26)(H,25,27).